The number of carbonyl (C=O) groups is 1. The van der Waals surface area contributed by atoms with Crippen LogP contribution in [-0.4, -0.2) is 13.0 Å². The van der Waals surface area contributed by atoms with Gasteiger partial charge in [-0.2, -0.15) is 5.26 Å². The van der Waals surface area contributed by atoms with Crippen LogP contribution in [0.4, 0.5) is 5.69 Å². The molecule has 0 saturated carbocycles. The van der Waals surface area contributed by atoms with Gasteiger partial charge < -0.3 is 14.8 Å². The summed E-state index contributed by atoms with van der Waals surface area (Å²) in [7, 11) is 1.58. The molecule has 0 saturated heterocycles. The Bertz CT molecular complexity index is 1140. The number of nitrogens with one attached hydrogen (secondary N) is 1. The van der Waals surface area contributed by atoms with E-state index in [-0.39, 0.29) is 5.57 Å². The molecule has 0 heterocycles. The molecule has 0 unspecified atom stereocenters. The van der Waals surface area contributed by atoms with Gasteiger partial charge in [0.2, 0.25) is 0 Å². The SMILES string of the molecule is CCc1ccc(NC(=O)/C(C#N)=C/c2ccc(OC)cc2OCc2ccc(C)cc2)cc1. The van der Waals surface area contributed by atoms with Crippen molar-refractivity contribution in [3.8, 4) is 17.6 Å². The van der Waals surface area contributed by atoms with E-state index in [1.54, 1.807) is 25.3 Å². The maximum atomic E-state index is 12.7. The van der Waals surface area contributed by atoms with Crippen LogP contribution < -0.4 is 14.8 Å². The Hall–Kier alpha value is -4.04. The lowest BCUT2D eigenvalue weighted by atomic mass is 10.1. The standard InChI is InChI=1S/C27H26N2O3/c1-4-20-9-12-24(13-10-20)29-27(30)23(17-28)15-22-11-14-25(31-3)16-26(22)32-18-21-7-5-19(2)6-8-21/h5-16H,4,18H2,1-3H3,(H,29,30)/b23-15+. The van der Waals surface area contributed by atoms with Gasteiger partial charge in [0.15, 0.2) is 0 Å². The molecule has 0 aliphatic rings. The maximum absolute atomic E-state index is 12.7. The quantitative estimate of drug-likeness (QED) is 0.371. The number of hydrogen-bond donors (Lipinski definition) is 1. The maximum Gasteiger partial charge on any atom is 0.266 e. The van der Waals surface area contributed by atoms with Gasteiger partial charge in [0.1, 0.15) is 29.7 Å². The number of ether oxygens (including phenoxy) is 2. The molecule has 0 spiro atoms. The molecule has 3 rings (SSSR count). The first-order chi connectivity index (χ1) is 15.5. The number of carbonyl (C=O) groups excluding carboxylic acids is 1. The summed E-state index contributed by atoms with van der Waals surface area (Å²) in [5, 5.41) is 12.4. The minimum atomic E-state index is -0.475. The van der Waals surface area contributed by atoms with E-state index in [1.807, 2.05) is 61.5 Å². The Kier molecular flexibility index (Phi) is 7.66. The zero-order valence-electron chi connectivity index (χ0n) is 18.5. The van der Waals surface area contributed by atoms with E-state index in [0.717, 1.165) is 12.0 Å². The molecule has 0 fully saturated rings. The summed E-state index contributed by atoms with van der Waals surface area (Å²) in [6, 6.07) is 22.9. The lowest BCUT2D eigenvalue weighted by molar-refractivity contribution is -0.112. The number of nitriles is 1. The van der Waals surface area contributed by atoms with Gasteiger partial charge in [0, 0.05) is 17.3 Å². The topological polar surface area (TPSA) is 71.4 Å². The Labute approximate surface area is 188 Å². The molecule has 0 bridgehead atoms. The van der Waals surface area contributed by atoms with Crippen molar-refractivity contribution >= 4 is 17.7 Å². The van der Waals surface area contributed by atoms with E-state index in [4.69, 9.17) is 9.47 Å². The molecule has 1 amide bonds. The highest BCUT2D eigenvalue weighted by molar-refractivity contribution is 6.09. The normalized spacial score (nSPS) is 10.9. The molecule has 3 aromatic rings. The van der Waals surface area contributed by atoms with Crippen molar-refractivity contribution in [1.82, 2.24) is 0 Å². The molecule has 0 radical (unpaired) electrons. The van der Waals surface area contributed by atoms with Crippen LogP contribution in [0.2, 0.25) is 0 Å². The summed E-state index contributed by atoms with van der Waals surface area (Å²) in [5.41, 5.74) is 4.60. The molecule has 0 aromatic heterocycles. The summed E-state index contributed by atoms with van der Waals surface area (Å²) in [6.07, 6.45) is 2.44. The van der Waals surface area contributed by atoms with Gasteiger partial charge in [-0.3, -0.25) is 4.79 Å². The lowest BCUT2D eigenvalue weighted by Crippen LogP contribution is -2.13. The largest absolute Gasteiger partial charge is 0.497 e. The molecular weight excluding hydrogens is 400 g/mol. The number of amides is 1. The molecule has 0 aliphatic carbocycles. The molecule has 162 valence electrons. The van der Waals surface area contributed by atoms with Crippen LogP contribution in [-0.2, 0) is 17.8 Å². The number of anilines is 1. The smallest absolute Gasteiger partial charge is 0.266 e. The third kappa shape index (κ3) is 5.99. The fourth-order valence-electron chi connectivity index (χ4n) is 3.06. The minimum Gasteiger partial charge on any atom is -0.497 e. The van der Waals surface area contributed by atoms with Crippen molar-refractivity contribution in [2.24, 2.45) is 0 Å². The van der Waals surface area contributed by atoms with Crippen LogP contribution in [0.3, 0.4) is 0 Å². The van der Waals surface area contributed by atoms with Crippen molar-refractivity contribution in [3.63, 3.8) is 0 Å². The summed E-state index contributed by atoms with van der Waals surface area (Å²) in [6.45, 7) is 4.45. The van der Waals surface area contributed by atoms with Crippen LogP contribution >= 0.6 is 0 Å². The highest BCUT2D eigenvalue weighted by Gasteiger charge is 2.12. The van der Waals surface area contributed by atoms with Gasteiger partial charge in [-0.15, -0.1) is 0 Å². The molecule has 5 heteroatoms. The number of nitrogens with zero attached hydrogens (tertiary/aromatic N) is 1. The highest BCUT2D eigenvalue weighted by atomic mass is 16.5. The minimum absolute atomic E-state index is 0.0186. The lowest BCUT2D eigenvalue weighted by Gasteiger charge is -2.12. The zero-order valence-corrected chi connectivity index (χ0v) is 18.5. The number of methoxy groups -OCH3 is 1. The van der Waals surface area contributed by atoms with Gasteiger partial charge in [0.05, 0.1) is 7.11 Å². The van der Waals surface area contributed by atoms with E-state index in [0.29, 0.717) is 29.4 Å². The van der Waals surface area contributed by atoms with E-state index in [1.165, 1.54) is 17.2 Å². The highest BCUT2D eigenvalue weighted by Crippen LogP contribution is 2.28. The third-order valence-electron chi connectivity index (χ3n) is 5.02. The summed E-state index contributed by atoms with van der Waals surface area (Å²) in [4.78, 5) is 12.7. The fraction of sp³-hybridized carbons (Fsp3) is 0.185. The Morgan fingerprint density at radius 1 is 1.03 bits per heavy atom. The van der Waals surface area contributed by atoms with Crippen LogP contribution in [0.15, 0.2) is 72.3 Å². The second-order valence-corrected chi connectivity index (χ2v) is 7.35. The monoisotopic (exact) mass is 426 g/mol. The summed E-state index contributed by atoms with van der Waals surface area (Å²) in [5.74, 6) is 0.676. The fourth-order valence-corrected chi connectivity index (χ4v) is 3.06. The van der Waals surface area contributed by atoms with Gasteiger partial charge in [-0.1, -0.05) is 48.9 Å². The van der Waals surface area contributed by atoms with Crippen molar-refractivity contribution in [2.75, 3.05) is 12.4 Å². The van der Waals surface area contributed by atoms with Gasteiger partial charge in [-0.05, 0) is 54.8 Å². The van der Waals surface area contributed by atoms with Gasteiger partial charge >= 0.3 is 0 Å². The molecule has 1 N–H and O–H groups in total. The first-order valence-electron chi connectivity index (χ1n) is 10.4. The van der Waals surface area contributed by atoms with E-state index < -0.39 is 5.91 Å². The third-order valence-corrected chi connectivity index (χ3v) is 5.02. The second kappa shape index (κ2) is 10.8. The first kappa shape index (κ1) is 22.6. The van der Waals surface area contributed by atoms with Crippen LogP contribution in [0, 0.1) is 18.3 Å². The summed E-state index contributed by atoms with van der Waals surface area (Å²) >= 11 is 0. The van der Waals surface area contributed by atoms with Crippen LogP contribution in [0.1, 0.15) is 29.2 Å². The predicted molar refractivity (Wildman–Crippen MR) is 127 cm³/mol. The average Bonchev–Trinajstić information content (AvgIpc) is 2.83. The average molecular weight is 427 g/mol. The van der Waals surface area contributed by atoms with Crippen LogP contribution in [0.25, 0.3) is 6.08 Å². The number of benzene rings is 3. The molecule has 0 atom stereocenters. The van der Waals surface area contributed by atoms with E-state index >= 15 is 0 Å². The molecule has 3 aromatic carbocycles. The predicted octanol–water partition coefficient (Wildman–Crippen LogP) is 5.69. The summed E-state index contributed by atoms with van der Waals surface area (Å²) < 4.78 is 11.3. The molecule has 0 aliphatic heterocycles. The Balaban J connectivity index is 1.82. The van der Waals surface area contributed by atoms with Crippen molar-refractivity contribution in [1.29, 1.82) is 5.26 Å². The van der Waals surface area contributed by atoms with E-state index in [2.05, 4.69) is 12.2 Å². The number of hydrogen-bond acceptors (Lipinski definition) is 4. The van der Waals surface area contributed by atoms with Crippen molar-refractivity contribution in [3.05, 3.63) is 94.6 Å². The van der Waals surface area contributed by atoms with Crippen molar-refractivity contribution in [2.45, 2.75) is 26.9 Å². The van der Waals surface area contributed by atoms with E-state index in [9.17, 15) is 10.1 Å². The Morgan fingerprint density at radius 2 is 1.72 bits per heavy atom. The van der Waals surface area contributed by atoms with Gasteiger partial charge in [-0.25, -0.2) is 0 Å². The van der Waals surface area contributed by atoms with Gasteiger partial charge in [0.25, 0.3) is 5.91 Å². The molecule has 32 heavy (non-hydrogen) atoms. The number of aryl methyl sites for hydroxylation is 2. The first-order valence-corrected chi connectivity index (χ1v) is 10.4. The molecular formula is C27H26N2O3. The second-order valence-electron chi connectivity index (χ2n) is 7.35. The van der Waals surface area contributed by atoms with Crippen molar-refractivity contribution < 1.29 is 14.3 Å². The molecule has 5 nitrogen and oxygen atoms in total. The Morgan fingerprint density at radius 3 is 2.34 bits per heavy atom. The zero-order chi connectivity index (χ0) is 22.9. The van der Waals surface area contributed by atoms with Crippen LogP contribution in [0.5, 0.6) is 11.5 Å². The number of rotatable bonds is 8.